The minimum atomic E-state index is -6.00. The normalized spacial score (nSPS) is 11.3. The smallest absolute Gasteiger partial charge is 0.418 e. The van der Waals surface area contributed by atoms with Crippen LogP contribution in [0.4, 0.5) is 17.3 Å². The first-order valence-electron chi connectivity index (χ1n) is 12.1. The fourth-order valence-corrected chi connectivity index (χ4v) is 5.84. The molecule has 0 atom stereocenters. The monoisotopic (exact) mass is 470 g/mol. The lowest BCUT2D eigenvalue weighted by Gasteiger charge is -2.08. The molecule has 0 aliphatic carbocycles. The van der Waals surface area contributed by atoms with E-state index < -0.39 is 7.25 Å². The van der Waals surface area contributed by atoms with Crippen molar-refractivity contribution < 1.29 is 17.3 Å². The number of unbranched alkanes of at least 4 members (excludes halogenated alkanes) is 11. The summed E-state index contributed by atoms with van der Waals surface area (Å²) < 4.78 is 39.0. The summed E-state index contributed by atoms with van der Waals surface area (Å²) in [6.45, 7) is 2.29. The molecule has 32 heavy (non-hydrogen) atoms. The highest BCUT2D eigenvalue weighted by atomic mass is 32.2. The topological polar surface area (TPSA) is 0 Å². The zero-order chi connectivity index (χ0) is 23.5. The SMILES string of the molecule is CCCCCCCCCCCCCC[S+](c1ccccc1)c1ccccc1.F[B-](F)(F)F. The standard InChI is InChI=1S/C26H39S.BF4/c1-2-3-4-5-6-7-8-9-10-11-12-19-24-27(25-20-15-13-16-21-25)26-22-17-14-18-23-26;2-1(3,4)5/h13-18,20-23H,2-12,19,24H2,1H3;/q+1;-1. The number of hydrogen-bond donors (Lipinski definition) is 0. The molecule has 0 unspecified atom stereocenters. The summed E-state index contributed by atoms with van der Waals surface area (Å²) in [6.07, 6.45) is 17.1. The minimum absolute atomic E-state index is 0.234. The number of halogens is 4. The number of hydrogen-bond acceptors (Lipinski definition) is 0. The lowest BCUT2D eigenvalue weighted by Crippen LogP contribution is -2.08. The van der Waals surface area contributed by atoms with Gasteiger partial charge in [-0.2, -0.15) is 0 Å². The summed E-state index contributed by atoms with van der Waals surface area (Å²) in [4.78, 5) is 2.98. The molecular formula is C26H39BF4S. The predicted octanol–water partition coefficient (Wildman–Crippen LogP) is 9.72. The van der Waals surface area contributed by atoms with Crippen LogP contribution >= 0.6 is 0 Å². The maximum absolute atomic E-state index is 9.75. The van der Waals surface area contributed by atoms with Gasteiger partial charge < -0.3 is 17.3 Å². The third kappa shape index (κ3) is 16.2. The quantitative estimate of drug-likeness (QED) is 0.105. The average Bonchev–Trinajstić information content (AvgIpc) is 2.77. The Bertz CT molecular complexity index is 619. The van der Waals surface area contributed by atoms with Crippen LogP contribution in [0, 0.1) is 0 Å². The largest absolute Gasteiger partial charge is 0.673 e. The lowest BCUT2D eigenvalue weighted by atomic mass is 10.1. The highest BCUT2D eigenvalue weighted by Crippen LogP contribution is 2.25. The van der Waals surface area contributed by atoms with Gasteiger partial charge in [0.25, 0.3) is 0 Å². The number of rotatable bonds is 15. The van der Waals surface area contributed by atoms with Crippen LogP contribution in [0.3, 0.4) is 0 Å². The predicted molar refractivity (Wildman–Crippen MR) is 133 cm³/mol. The first kappa shape index (κ1) is 28.6. The minimum Gasteiger partial charge on any atom is -0.418 e. The van der Waals surface area contributed by atoms with Crippen molar-refractivity contribution in [1.82, 2.24) is 0 Å². The van der Waals surface area contributed by atoms with E-state index in [0.717, 1.165) is 0 Å². The van der Waals surface area contributed by atoms with E-state index in [4.69, 9.17) is 0 Å². The molecule has 0 aliphatic heterocycles. The van der Waals surface area contributed by atoms with E-state index in [-0.39, 0.29) is 10.9 Å². The van der Waals surface area contributed by atoms with Gasteiger partial charge >= 0.3 is 7.25 Å². The maximum atomic E-state index is 9.75. The Kier molecular flexibility index (Phi) is 16.1. The molecule has 0 nitrogen and oxygen atoms in total. The average molecular weight is 470 g/mol. The van der Waals surface area contributed by atoms with E-state index in [1.54, 1.807) is 0 Å². The molecule has 0 saturated heterocycles. The molecule has 0 bridgehead atoms. The lowest BCUT2D eigenvalue weighted by molar-refractivity contribution is 0.368. The highest BCUT2D eigenvalue weighted by molar-refractivity contribution is 7.97. The van der Waals surface area contributed by atoms with Crippen LogP contribution < -0.4 is 0 Å². The summed E-state index contributed by atoms with van der Waals surface area (Å²) >= 11 is 0. The Morgan fingerprint density at radius 3 is 1.19 bits per heavy atom. The fraction of sp³-hybridized carbons (Fsp3) is 0.538. The molecule has 2 aromatic rings. The van der Waals surface area contributed by atoms with Crippen LogP contribution in [0.5, 0.6) is 0 Å². The van der Waals surface area contributed by atoms with Crippen LogP contribution in [-0.4, -0.2) is 13.0 Å². The van der Waals surface area contributed by atoms with Crippen molar-refractivity contribution in [2.75, 3.05) is 5.75 Å². The zero-order valence-corrected chi connectivity index (χ0v) is 20.3. The molecule has 180 valence electrons. The van der Waals surface area contributed by atoms with Crippen molar-refractivity contribution in [3.05, 3.63) is 60.7 Å². The second-order valence-electron chi connectivity index (χ2n) is 8.10. The van der Waals surface area contributed by atoms with Gasteiger partial charge in [-0.05, 0) is 37.1 Å². The van der Waals surface area contributed by atoms with Crippen molar-refractivity contribution in [3.63, 3.8) is 0 Å². The fourth-order valence-electron chi connectivity index (χ4n) is 3.63. The Labute approximate surface area is 195 Å². The molecule has 0 N–H and O–H groups in total. The first-order chi connectivity index (χ1) is 15.4. The Balaban J connectivity index is 0.000000920. The molecular weight excluding hydrogens is 431 g/mol. The summed E-state index contributed by atoms with van der Waals surface area (Å²) in [6, 6.07) is 22.2. The highest BCUT2D eigenvalue weighted by Gasteiger charge is 2.24. The number of benzene rings is 2. The van der Waals surface area contributed by atoms with E-state index in [2.05, 4.69) is 67.6 Å². The van der Waals surface area contributed by atoms with E-state index in [0.29, 0.717) is 0 Å². The summed E-state index contributed by atoms with van der Waals surface area (Å²) in [7, 11) is -5.77. The summed E-state index contributed by atoms with van der Waals surface area (Å²) in [5.41, 5.74) is 0. The van der Waals surface area contributed by atoms with E-state index in [1.807, 2.05) is 0 Å². The summed E-state index contributed by atoms with van der Waals surface area (Å²) in [5, 5.41) is 0. The first-order valence-corrected chi connectivity index (χ1v) is 13.5. The molecule has 0 spiro atoms. The van der Waals surface area contributed by atoms with Gasteiger partial charge in [0.05, 0.1) is 10.9 Å². The van der Waals surface area contributed by atoms with Crippen molar-refractivity contribution in [1.29, 1.82) is 0 Å². The van der Waals surface area contributed by atoms with Gasteiger partial charge in [-0.3, -0.25) is 0 Å². The maximum Gasteiger partial charge on any atom is 0.673 e. The molecule has 0 aromatic heterocycles. The molecule has 0 amide bonds. The molecule has 6 heteroatoms. The van der Waals surface area contributed by atoms with E-state index >= 15 is 0 Å². The van der Waals surface area contributed by atoms with Gasteiger partial charge in [0.2, 0.25) is 0 Å². The van der Waals surface area contributed by atoms with Crippen LogP contribution in [-0.2, 0) is 10.9 Å². The van der Waals surface area contributed by atoms with Gasteiger partial charge in [0, 0.05) is 0 Å². The molecule has 0 saturated carbocycles. The van der Waals surface area contributed by atoms with Gasteiger partial charge in [-0.25, -0.2) is 0 Å². The van der Waals surface area contributed by atoms with Crippen molar-refractivity contribution >= 4 is 18.1 Å². The van der Waals surface area contributed by atoms with Crippen LogP contribution in [0.25, 0.3) is 0 Å². The zero-order valence-electron chi connectivity index (χ0n) is 19.5. The second kappa shape index (κ2) is 18.1. The Morgan fingerprint density at radius 2 is 0.844 bits per heavy atom. The van der Waals surface area contributed by atoms with Crippen LogP contribution in [0.1, 0.15) is 84.0 Å². The summed E-state index contributed by atoms with van der Waals surface area (Å²) in [5.74, 6) is 1.30. The van der Waals surface area contributed by atoms with Gasteiger partial charge in [0.1, 0.15) is 5.75 Å². The molecule has 0 radical (unpaired) electrons. The van der Waals surface area contributed by atoms with Crippen LogP contribution in [0.15, 0.2) is 70.5 Å². The Morgan fingerprint density at radius 1 is 0.531 bits per heavy atom. The van der Waals surface area contributed by atoms with E-state index in [1.165, 1.54) is 92.6 Å². The van der Waals surface area contributed by atoms with Crippen molar-refractivity contribution in [2.24, 2.45) is 0 Å². The van der Waals surface area contributed by atoms with Gasteiger partial charge in [0.15, 0.2) is 9.79 Å². The van der Waals surface area contributed by atoms with Crippen molar-refractivity contribution in [2.45, 2.75) is 93.8 Å². The third-order valence-corrected chi connectivity index (χ3v) is 7.64. The third-order valence-electron chi connectivity index (χ3n) is 5.26. The Hall–Kier alpha value is -1.43. The molecule has 0 fully saturated rings. The van der Waals surface area contributed by atoms with E-state index in [9.17, 15) is 17.3 Å². The molecule has 2 aromatic carbocycles. The van der Waals surface area contributed by atoms with Crippen LogP contribution in [0.2, 0.25) is 0 Å². The van der Waals surface area contributed by atoms with Crippen molar-refractivity contribution in [3.8, 4) is 0 Å². The van der Waals surface area contributed by atoms with Gasteiger partial charge in [-0.15, -0.1) is 0 Å². The molecule has 2 rings (SSSR count). The molecule has 0 aliphatic rings. The molecule has 0 heterocycles. The second-order valence-corrected chi connectivity index (χ2v) is 10.2. The van der Waals surface area contributed by atoms with Gasteiger partial charge in [-0.1, -0.05) is 108 Å².